The molecule has 3 heterocycles. The second kappa shape index (κ2) is 6.47. The fraction of sp³-hybridized carbons (Fsp3) is 0.0625. The minimum absolute atomic E-state index is 0.364. The molecule has 0 saturated carbocycles. The molecule has 0 amide bonds. The summed E-state index contributed by atoms with van der Waals surface area (Å²) in [5, 5.41) is 10.5. The van der Waals surface area contributed by atoms with Gasteiger partial charge in [-0.25, -0.2) is 4.98 Å². The van der Waals surface area contributed by atoms with Crippen LogP contribution in [0, 0.1) is 0 Å². The molecular weight excluding hydrogens is 367 g/mol. The minimum Gasteiger partial charge on any atom is -0.411 e. The van der Waals surface area contributed by atoms with Crippen LogP contribution in [0.1, 0.15) is 5.56 Å². The molecule has 0 spiro atoms. The molecule has 3 aromatic heterocycles. The number of rotatable bonds is 4. The summed E-state index contributed by atoms with van der Waals surface area (Å²) in [5.41, 5.74) is 2.86. The Kier molecular flexibility index (Phi) is 4.18. The van der Waals surface area contributed by atoms with Gasteiger partial charge in [0, 0.05) is 22.9 Å². The highest BCUT2D eigenvalue weighted by Crippen LogP contribution is 2.30. The van der Waals surface area contributed by atoms with E-state index in [1.165, 1.54) is 11.8 Å². The number of aromatic amines is 1. The van der Waals surface area contributed by atoms with E-state index in [0.717, 1.165) is 22.0 Å². The fourth-order valence-electron chi connectivity index (χ4n) is 2.37. The maximum atomic E-state index is 5.90. The van der Waals surface area contributed by atoms with E-state index in [9.17, 15) is 0 Å². The number of hydrogen-bond donors (Lipinski definition) is 1. The number of fused-ring (bicyclic) bond motifs is 1. The maximum absolute atomic E-state index is 5.90. The second-order valence-electron chi connectivity index (χ2n) is 5.03. The van der Waals surface area contributed by atoms with E-state index >= 15 is 0 Å². The van der Waals surface area contributed by atoms with Crippen LogP contribution in [-0.4, -0.2) is 20.2 Å². The van der Waals surface area contributed by atoms with Crippen LogP contribution in [0.4, 0.5) is 0 Å². The number of halogens is 2. The van der Waals surface area contributed by atoms with Gasteiger partial charge in [0.25, 0.3) is 11.1 Å². The van der Waals surface area contributed by atoms with Crippen molar-refractivity contribution in [2.75, 3.05) is 0 Å². The molecule has 0 saturated heterocycles. The molecule has 0 aliphatic rings. The number of aromatic nitrogens is 4. The summed E-state index contributed by atoms with van der Waals surface area (Å²) >= 11 is 13.2. The van der Waals surface area contributed by atoms with E-state index in [1.807, 2.05) is 30.5 Å². The molecule has 0 unspecified atom stereocenters. The SMILES string of the molecule is Clc1cc(CSc2nnc(-c3c[nH]c4ccccc34)o2)cc(Cl)n1. The Balaban J connectivity index is 1.54. The molecule has 5 nitrogen and oxygen atoms in total. The monoisotopic (exact) mass is 376 g/mol. The first kappa shape index (κ1) is 15.5. The fourth-order valence-corrected chi connectivity index (χ4v) is 3.57. The molecule has 1 N–H and O–H groups in total. The molecule has 4 aromatic rings. The lowest BCUT2D eigenvalue weighted by molar-refractivity contribution is 0.466. The molecule has 4 rings (SSSR count). The first-order valence-electron chi connectivity index (χ1n) is 7.04. The predicted molar refractivity (Wildman–Crippen MR) is 95.4 cm³/mol. The number of benzene rings is 1. The van der Waals surface area contributed by atoms with Crippen LogP contribution >= 0.6 is 35.0 Å². The van der Waals surface area contributed by atoms with Crippen molar-refractivity contribution in [1.29, 1.82) is 0 Å². The van der Waals surface area contributed by atoms with Crippen molar-refractivity contribution in [2.45, 2.75) is 11.0 Å². The molecule has 0 fully saturated rings. The summed E-state index contributed by atoms with van der Waals surface area (Å²) in [5.74, 6) is 1.10. The Morgan fingerprint density at radius 1 is 1.08 bits per heavy atom. The lowest BCUT2D eigenvalue weighted by Gasteiger charge is -2.00. The van der Waals surface area contributed by atoms with Crippen molar-refractivity contribution in [3.8, 4) is 11.5 Å². The number of thioether (sulfide) groups is 1. The molecule has 8 heteroatoms. The molecular formula is C16H10Cl2N4OS. The number of H-pyrrole nitrogens is 1. The molecule has 1 aromatic carbocycles. The Morgan fingerprint density at radius 3 is 2.71 bits per heavy atom. The van der Waals surface area contributed by atoms with Gasteiger partial charge in [-0.3, -0.25) is 0 Å². The van der Waals surface area contributed by atoms with Crippen molar-refractivity contribution in [2.24, 2.45) is 0 Å². The zero-order valence-corrected chi connectivity index (χ0v) is 14.5. The van der Waals surface area contributed by atoms with Crippen LogP contribution < -0.4 is 0 Å². The van der Waals surface area contributed by atoms with Gasteiger partial charge >= 0.3 is 0 Å². The van der Waals surface area contributed by atoms with Gasteiger partial charge in [-0.2, -0.15) is 0 Å². The lowest BCUT2D eigenvalue weighted by atomic mass is 10.2. The highest BCUT2D eigenvalue weighted by molar-refractivity contribution is 7.98. The highest BCUT2D eigenvalue weighted by atomic mass is 35.5. The second-order valence-corrected chi connectivity index (χ2v) is 6.73. The first-order chi connectivity index (χ1) is 11.7. The van der Waals surface area contributed by atoms with E-state index in [-0.39, 0.29) is 0 Å². The van der Waals surface area contributed by atoms with E-state index in [0.29, 0.717) is 27.2 Å². The van der Waals surface area contributed by atoms with Crippen molar-refractivity contribution in [3.63, 3.8) is 0 Å². The van der Waals surface area contributed by atoms with Crippen LogP contribution in [0.2, 0.25) is 10.3 Å². The molecule has 24 heavy (non-hydrogen) atoms. The summed E-state index contributed by atoms with van der Waals surface area (Å²) < 4.78 is 5.76. The first-order valence-corrected chi connectivity index (χ1v) is 8.78. The van der Waals surface area contributed by atoms with Gasteiger partial charge in [0.15, 0.2) is 0 Å². The van der Waals surface area contributed by atoms with Gasteiger partial charge in [0.1, 0.15) is 10.3 Å². The van der Waals surface area contributed by atoms with Crippen molar-refractivity contribution >= 4 is 45.9 Å². The van der Waals surface area contributed by atoms with E-state index < -0.39 is 0 Å². The highest BCUT2D eigenvalue weighted by Gasteiger charge is 2.13. The summed E-state index contributed by atoms with van der Waals surface area (Å²) in [6, 6.07) is 11.5. The third-order valence-corrected chi connectivity index (χ3v) is 4.69. The third kappa shape index (κ3) is 3.13. The molecule has 0 radical (unpaired) electrons. The molecule has 120 valence electrons. The van der Waals surface area contributed by atoms with E-state index in [4.69, 9.17) is 27.6 Å². The van der Waals surface area contributed by atoms with Gasteiger partial charge in [0.2, 0.25) is 0 Å². The van der Waals surface area contributed by atoms with Gasteiger partial charge in [0.05, 0.1) is 5.56 Å². The number of hydrogen-bond acceptors (Lipinski definition) is 5. The summed E-state index contributed by atoms with van der Waals surface area (Å²) in [7, 11) is 0. The summed E-state index contributed by atoms with van der Waals surface area (Å²) in [4.78, 5) is 7.12. The third-order valence-electron chi connectivity index (χ3n) is 3.41. The Hall–Kier alpha value is -2.02. The van der Waals surface area contributed by atoms with Crippen molar-refractivity contribution < 1.29 is 4.42 Å². The van der Waals surface area contributed by atoms with Crippen molar-refractivity contribution in [3.05, 3.63) is 58.5 Å². The summed E-state index contributed by atoms with van der Waals surface area (Å²) in [6.45, 7) is 0. The Bertz CT molecular complexity index is 994. The van der Waals surface area contributed by atoms with E-state index in [1.54, 1.807) is 12.1 Å². The maximum Gasteiger partial charge on any atom is 0.277 e. The van der Waals surface area contributed by atoms with Crippen molar-refractivity contribution in [1.82, 2.24) is 20.2 Å². The normalized spacial score (nSPS) is 11.2. The van der Waals surface area contributed by atoms with Gasteiger partial charge in [-0.15, -0.1) is 10.2 Å². The van der Waals surface area contributed by atoms with Gasteiger partial charge in [-0.05, 0) is 23.8 Å². The smallest absolute Gasteiger partial charge is 0.277 e. The average molecular weight is 377 g/mol. The predicted octanol–water partition coefficient (Wildman–Crippen LogP) is 5.21. The van der Waals surface area contributed by atoms with Gasteiger partial charge in [-0.1, -0.05) is 53.2 Å². The minimum atomic E-state index is 0.364. The Morgan fingerprint density at radius 2 is 1.88 bits per heavy atom. The van der Waals surface area contributed by atoms with Gasteiger partial charge < -0.3 is 9.40 Å². The lowest BCUT2D eigenvalue weighted by Crippen LogP contribution is -1.84. The van der Waals surface area contributed by atoms with Crippen LogP contribution in [0.3, 0.4) is 0 Å². The van der Waals surface area contributed by atoms with Crippen LogP contribution in [0.25, 0.3) is 22.4 Å². The average Bonchev–Trinajstić information content (AvgIpc) is 3.18. The molecule has 0 atom stereocenters. The number of nitrogens with zero attached hydrogens (tertiary/aromatic N) is 3. The van der Waals surface area contributed by atoms with Crippen LogP contribution in [0.15, 0.2) is 52.2 Å². The quantitative estimate of drug-likeness (QED) is 0.391. The summed E-state index contributed by atoms with van der Waals surface area (Å²) in [6.07, 6.45) is 1.87. The number of pyridine rings is 1. The largest absolute Gasteiger partial charge is 0.411 e. The zero-order chi connectivity index (χ0) is 16.5. The molecule has 0 bridgehead atoms. The topological polar surface area (TPSA) is 67.6 Å². The van der Waals surface area contributed by atoms with E-state index in [2.05, 4.69) is 20.2 Å². The number of para-hydroxylation sites is 1. The molecule has 0 aliphatic carbocycles. The zero-order valence-electron chi connectivity index (χ0n) is 12.2. The van der Waals surface area contributed by atoms with Crippen LogP contribution in [-0.2, 0) is 5.75 Å². The molecule has 0 aliphatic heterocycles. The van der Waals surface area contributed by atoms with Crippen LogP contribution in [0.5, 0.6) is 0 Å². The standard InChI is InChI=1S/C16H10Cl2N4OS/c17-13-5-9(6-14(18)20-13)8-24-16-22-21-15(23-16)11-7-19-12-4-2-1-3-10(11)12/h1-7,19H,8H2. The number of nitrogens with one attached hydrogen (secondary N) is 1. The Labute approximate surface area is 151 Å².